The van der Waals surface area contributed by atoms with Crippen molar-refractivity contribution in [2.75, 3.05) is 6.54 Å². The molecule has 1 aliphatic rings. The van der Waals surface area contributed by atoms with Crippen molar-refractivity contribution in [2.45, 2.75) is 95.7 Å². The summed E-state index contributed by atoms with van der Waals surface area (Å²) >= 11 is 7.13. The molecule has 4 atom stereocenters. The second-order valence-corrected chi connectivity index (χ2v) is 12.8. The normalized spacial score (nSPS) is 23.7. The summed E-state index contributed by atoms with van der Waals surface area (Å²) in [5.74, 6) is 0.438. The van der Waals surface area contributed by atoms with Crippen molar-refractivity contribution >= 4 is 41.4 Å². The molecule has 1 saturated heterocycles. The molecule has 2 rings (SSSR count). The molecular weight excluding hydrogens is 445 g/mol. The maximum Gasteiger partial charge on any atom is 0.225 e. The number of thiocarbonyl (C=S) groups is 1. The Morgan fingerprint density at radius 1 is 1.30 bits per heavy atom. The number of thioether (sulfide) groups is 1. The lowest BCUT2D eigenvalue weighted by atomic mass is 9.39. The molecule has 1 aromatic carbocycles. The van der Waals surface area contributed by atoms with Crippen LogP contribution in [0.3, 0.4) is 0 Å². The van der Waals surface area contributed by atoms with Crippen molar-refractivity contribution in [2.24, 2.45) is 5.41 Å². The Morgan fingerprint density at radius 2 is 1.91 bits per heavy atom. The highest BCUT2D eigenvalue weighted by molar-refractivity contribution is 8.24. The van der Waals surface area contributed by atoms with Gasteiger partial charge in [0.05, 0.1) is 15.8 Å². The Morgan fingerprint density at radius 3 is 2.42 bits per heavy atom. The van der Waals surface area contributed by atoms with Crippen LogP contribution in [-0.4, -0.2) is 40.3 Å². The molecule has 1 amide bonds. The SMILES string of the molecule is CCCNC(=O)C(C)(CC1NC1(C)C(C)(C#N)SC(=S)c1ccccc1)C(C)(C)[B]C(C)C. The van der Waals surface area contributed by atoms with Gasteiger partial charge in [0.15, 0.2) is 0 Å². The van der Waals surface area contributed by atoms with Gasteiger partial charge < -0.3 is 10.6 Å². The monoisotopic (exact) mass is 484 g/mol. The summed E-state index contributed by atoms with van der Waals surface area (Å²) in [5, 5.41) is 16.6. The number of rotatable bonds is 11. The number of nitriles is 1. The van der Waals surface area contributed by atoms with Gasteiger partial charge in [-0.3, -0.25) is 4.79 Å². The van der Waals surface area contributed by atoms with Gasteiger partial charge in [0.2, 0.25) is 5.91 Å². The maximum absolute atomic E-state index is 13.5. The number of hydrogen-bond acceptors (Lipinski definition) is 5. The molecule has 0 saturated carbocycles. The van der Waals surface area contributed by atoms with E-state index in [-0.39, 0.29) is 17.3 Å². The first kappa shape index (κ1) is 27.9. The van der Waals surface area contributed by atoms with Gasteiger partial charge in [0.25, 0.3) is 0 Å². The molecule has 1 fully saturated rings. The Bertz CT molecular complexity index is 901. The zero-order valence-electron chi connectivity index (χ0n) is 21.4. The largest absolute Gasteiger partial charge is 0.356 e. The molecule has 0 aromatic heterocycles. The zero-order valence-corrected chi connectivity index (χ0v) is 23.0. The van der Waals surface area contributed by atoms with Crippen LogP contribution in [0, 0.1) is 16.7 Å². The van der Waals surface area contributed by atoms with Crippen LogP contribution in [0.2, 0.25) is 11.1 Å². The fraction of sp³-hybridized carbons (Fsp3) is 0.654. The minimum Gasteiger partial charge on any atom is -0.356 e. The molecule has 7 heteroatoms. The highest BCUT2D eigenvalue weighted by Gasteiger charge is 2.65. The molecule has 1 radical (unpaired) electrons. The number of nitrogens with one attached hydrogen (secondary N) is 2. The molecule has 1 aromatic rings. The molecule has 179 valence electrons. The molecule has 33 heavy (non-hydrogen) atoms. The van der Waals surface area contributed by atoms with Crippen LogP contribution in [0.5, 0.6) is 0 Å². The summed E-state index contributed by atoms with van der Waals surface area (Å²) < 4.78 is -0.0534. The number of amides is 1. The molecule has 4 nitrogen and oxygen atoms in total. The summed E-state index contributed by atoms with van der Waals surface area (Å²) in [5.41, 5.74) is -0.120. The first-order valence-electron chi connectivity index (χ1n) is 11.9. The fourth-order valence-corrected chi connectivity index (χ4v) is 6.34. The van der Waals surface area contributed by atoms with E-state index in [9.17, 15) is 10.1 Å². The average Bonchev–Trinajstić information content (AvgIpc) is 3.42. The predicted molar refractivity (Wildman–Crippen MR) is 146 cm³/mol. The lowest BCUT2D eigenvalue weighted by Gasteiger charge is -2.44. The molecule has 0 spiro atoms. The van der Waals surface area contributed by atoms with Crippen LogP contribution in [-0.2, 0) is 4.79 Å². The predicted octanol–water partition coefficient (Wildman–Crippen LogP) is 5.76. The van der Waals surface area contributed by atoms with E-state index in [2.05, 4.69) is 72.4 Å². The van der Waals surface area contributed by atoms with Crippen molar-refractivity contribution in [1.29, 1.82) is 5.26 Å². The fourth-order valence-electron chi connectivity index (χ4n) is 4.62. The quantitative estimate of drug-likeness (QED) is 0.237. The van der Waals surface area contributed by atoms with Gasteiger partial charge in [-0.25, -0.2) is 0 Å². The number of carbonyl (C=O) groups excluding carboxylic acids is 1. The smallest absolute Gasteiger partial charge is 0.225 e. The van der Waals surface area contributed by atoms with E-state index in [1.165, 1.54) is 11.8 Å². The van der Waals surface area contributed by atoms with Crippen LogP contribution >= 0.6 is 24.0 Å². The first-order chi connectivity index (χ1) is 15.3. The zero-order chi connectivity index (χ0) is 25.1. The van der Waals surface area contributed by atoms with Gasteiger partial charge in [-0.15, -0.1) is 0 Å². The van der Waals surface area contributed by atoms with E-state index in [0.29, 0.717) is 23.0 Å². The lowest BCUT2D eigenvalue weighted by molar-refractivity contribution is -0.132. The van der Waals surface area contributed by atoms with Crippen molar-refractivity contribution < 1.29 is 4.79 Å². The number of benzene rings is 1. The van der Waals surface area contributed by atoms with Gasteiger partial charge in [0.1, 0.15) is 12.0 Å². The standard InChI is InChI=1S/C26H39BN3OS2/c1-9-15-29-22(31)24(6,23(4,5)27-18(2)3)16-20-26(8,30-20)25(7,17-28)33-21(32)19-13-11-10-12-14-19/h10-14,18,20,30H,9,15-16H2,1-8H3,(H,29,31). The molecule has 0 aliphatic carbocycles. The van der Waals surface area contributed by atoms with E-state index in [4.69, 9.17) is 12.2 Å². The highest BCUT2D eigenvalue weighted by atomic mass is 32.2. The third-order valence-corrected chi connectivity index (χ3v) is 9.25. The van der Waals surface area contributed by atoms with Crippen LogP contribution in [0.15, 0.2) is 30.3 Å². The number of nitrogens with zero attached hydrogens (tertiary/aromatic N) is 1. The third-order valence-electron chi connectivity index (χ3n) is 7.42. The molecule has 2 N–H and O–H groups in total. The second-order valence-electron chi connectivity index (χ2n) is 10.7. The van der Waals surface area contributed by atoms with Crippen molar-refractivity contribution in [3.63, 3.8) is 0 Å². The van der Waals surface area contributed by atoms with E-state index in [0.717, 1.165) is 12.0 Å². The summed E-state index contributed by atoms with van der Waals surface area (Å²) in [6, 6.07) is 12.4. The van der Waals surface area contributed by atoms with Crippen LogP contribution in [0.25, 0.3) is 0 Å². The molecular formula is C26H39BN3OS2. The number of carbonyl (C=O) groups is 1. The van der Waals surface area contributed by atoms with E-state index >= 15 is 0 Å². The van der Waals surface area contributed by atoms with Gasteiger partial charge in [-0.1, -0.05) is 102 Å². The van der Waals surface area contributed by atoms with E-state index in [1.54, 1.807) is 0 Å². The Hall–Kier alpha value is -1.36. The van der Waals surface area contributed by atoms with Gasteiger partial charge in [-0.05, 0) is 37.6 Å². The number of hydrogen-bond donors (Lipinski definition) is 2. The summed E-state index contributed by atoms with van der Waals surface area (Å²) in [7, 11) is 2.28. The van der Waals surface area contributed by atoms with E-state index in [1.807, 2.05) is 37.3 Å². The highest BCUT2D eigenvalue weighted by Crippen LogP contribution is 2.55. The Labute approximate surface area is 211 Å². The lowest BCUT2D eigenvalue weighted by Crippen LogP contribution is -2.50. The van der Waals surface area contributed by atoms with Crippen LogP contribution in [0.4, 0.5) is 0 Å². The second kappa shape index (κ2) is 10.5. The molecule has 1 aliphatic heterocycles. The van der Waals surface area contributed by atoms with Crippen molar-refractivity contribution in [3.05, 3.63) is 35.9 Å². The third kappa shape index (κ3) is 5.84. The van der Waals surface area contributed by atoms with Crippen molar-refractivity contribution in [3.8, 4) is 6.07 Å². The molecule has 1 heterocycles. The summed E-state index contributed by atoms with van der Waals surface area (Å²) in [6.45, 7) is 17.5. The maximum atomic E-state index is 13.5. The minimum absolute atomic E-state index is 0.0328. The summed E-state index contributed by atoms with van der Waals surface area (Å²) in [6.07, 6.45) is 1.54. The molecule has 0 bridgehead atoms. The van der Waals surface area contributed by atoms with Crippen LogP contribution < -0.4 is 10.6 Å². The average molecular weight is 485 g/mol. The summed E-state index contributed by atoms with van der Waals surface area (Å²) in [4.78, 5) is 13.5. The topological polar surface area (TPSA) is 74.8 Å². The van der Waals surface area contributed by atoms with Crippen molar-refractivity contribution in [1.82, 2.24) is 10.6 Å². The van der Waals surface area contributed by atoms with Gasteiger partial charge in [-0.2, -0.15) is 5.26 Å². The molecule has 4 unspecified atom stereocenters. The first-order valence-corrected chi connectivity index (χ1v) is 13.1. The Balaban J connectivity index is 2.28. The van der Waals surface area contributed by atoms with Crippen LogP contribution in [0.1, 0.15) is 73.8 Å². The Kier molecular flexibility index (Phi) is 8.87. The van der Waals surface area contributed by atoms with Gasteiger partial charge in [0, 0.05) is 18.0 Å². The minimum atomic E-state index is -0.767. The van der Waals surface area contributed by atoms with E-state index < -0.39 is 15.7 Å². The van der Waals surface area contributed by atoms with Gasteiger partial charge >= 0.3 is 0 Å².